The Kier molecular flexibility index (Phi) is 6.66. The van der Waals surface area contributed by atoms with E-state index in [0.717, 1.165) is 48.8 Å². The van der Waals surface area contributed by atoms with E-state index >= 15 is 0 Å². The molecule has 1 aromatic heterocycles. The molecule has 2 heterocycles. The van der Waals surface area contributed by atoms with Gasteiger partial charge in [-0.2, -0.15) is 0 Å². The van der Waals surface area contributed by atoms with Crippen molar-refractivity contribution in [1.82, 2.24) is 9.88 Å². The minimum atomic E-state index is 0.0533. The lowest BCUT2D eigenvalue weighted by molar-refractivity contribution is 0.0810. The smallest absolute Gasteiger partial charge is 0.167 e. The van der Waals surface area contributed by atoms with Crippen molar-refractivity contribution in [3.8, 4) is 5.75 Å². The third-order valence-electron chi connectivity index (χ3n) is 4.89. The number of aromatic nitrogens is 1. The predicted molar refractivity (Wildman–Crippen MR) is 111 cm³/mol. The molecule has 0 saturated carbocycles. The number of Topliss-reactive ketones (excluding diaryl/α,β-unsaturated/α-hetero) is 1. The van der Waals surface area contributed by atoms with Gasteiger partial charge >= 0.3 is 0 Å². The molecule has 0 amide bonds. The standard InChI is InChI=1S/C22H30N2O2S/c1-15(2)20-14-27-21(23-20)13-24-10-6-8-18(12-24)22(25)17-7-5-9-19(11-17)26-16(3)4/h5,7,9,11,14-16,18H,6,8,10,12-13H2,1-4H3/t18-/m1/s1. The second-order valence-electron chi connectivity index (χ2n) is 7.95. The van der Waals surface area contributed by atoms with Gasteiger partial charge in [-0.15, -0.1) is 11.3 Å². The molecule has 1 aliphatic rings. The summed E-state index contributed by atoms with van der Waals surface area (Å²) < 4.78 is 5.74. The molecule has 1 fully saturated rings. The van der Waals surface area contributed by atoms with Crippen LogP contribution in [0.3, 0.4) is 0 Å². The zero-order valence-electron chi connectivity index (χ0n) is 16.8. The highest BCUT2D eigenvalue weighted by molar-refractivity contribution is 7.09. The van der Waals surface area contributed by atoms with Crippen LogP contribution in [0.25, 0.3) is 0 Å². The third kappa shape index (κ3) is 5.39. The fourth-order valence-corrected chi connectivity index (χ4v) is 4.49. The van der Waals surface area contributed by atoms with Crippen LogP contribution in [-0.4, -0.2) is 34.9 Å². The number of benzene rings is 1. The molecule has 1 saturated heterocycles. The van der Waals surface area contributed by atoms with Gasteiger partial charge in [0.2, 0.25) is 0 Å². The highest BCUT2D eigenvalue weighted by Crippen LogP contribution is 2.26. The fourth-order valence-electron chi connectivity index (χ4n) is 3.50. The van der Waals surface area contributed by atoms with Crippen LogP contribution in [0.5, 0.6) is 5.75 Å². The summed E-state index contributed by atoms with van der Waals surface area (Å²) in [7, 11) is 0. The number of piperidine rings is 1. The minimum Gasteiger partial charge on any atom is -0.491 e. The average Bonchev–Trinajstić information content (AvgIpc) is 3.10. The molecule has 27 heavy (non-hydrogen) atoms. The highest BCUT2D eigenvalue weighted by atomic mass is 32.1. The maximum atomic E-state index is 13.0. The number of carbonyl (C=O) groups is 1. The van der Waals surface area contributed by atoms with Crippen molar-refractivity contribution in [3.63, 3.8) is 0 Å². The van der Waals surface area contributed by atoms with E-state index < -0.39 is 0 Å². The molecule has 3 rings (SSSR count). The summed E-state index contributed by atoms with van der Waals surface area (Å²) in [6.07, 6.45) is 2.12. The molecule has 0 N–H and O–H groups in total. The average molecular weight is 387 g/mol. The Balaban J connectivity index is 1.64. The summed E-state index contributed by atoms with van der Waals surface area (Å²) in [4.78, 5) is 20.2. The van der Waals surface area contributed by atoms with Crippen molar-refractivity contribution in [2.45, 2.75) is 59.1 Å². The Hall–Kier alpha value is -1.72. The fraction of sp³-hybridized carbons (Fsp3) is 0.545. The van der Waals surface area contributed by atoms with Gasteiger partial charge in [0.05, 0.1) is 18.3 Å². The SMILES string of the molecule is CC(C)Oc1cccc(C(=O)[C@@H]2CCCN(Cc3nc(C(C)C)cs3)C2)c1. The summed E-state index contributed by atoms with van der Waals surface area (Å²) in [5, 5.41) is 3.31. The van der Waals surface area contributed by atoms with Gasteiger partial charge in [-0.3, -0.25) is 9.69 Å². The van der Waals surface area contributed by atoms with Crippen molar-refractivity contribution in [1.29, 1.82) is 0 Å². The number of ether oxygens (including phenoxy) is 1. The number of hydrogen-bond donors (Lipinski definition) is 0. The summed E-state index contributed by atoms with van der Waals surface area (Å²) in [6.45, 7) is 11.0. The first-order valence-electron chi connectivity index (χ1n) is 9.90. The summed E-state index contributed by atoms with van der Waals surface area (Å²) >= 11 is 1.73. The van der Waals surface area contributed by atoms with Crippen molar-refractivity contribution in [3.05, 3.63) is 45.9 Å². The first-order valence-corrected chi connectivity index (χ1v) is 10.8. The molecule has 146 valence electrons. The molecule has 5 heteroatoms. The third-order valence-corrected chi connectivity index (χ3v) is 5.74. The zero-order valence-corrected chi connectivity index (χ0v) is 17.6. The Bertz CT molecular complexity index is 769. The van der Waals surface area contributed by atoms with E-state index in [9.17, 15) is 4.79 Å². The van der Waals surface area contributed by atoms with Crippen LogP contribution in [0.2, 0.25) is 0 Å². The molecule has 0 radical (unpaired) electrons. The topological polar surface area (TPSA) is 42.4 Å². The Morgan fingerprint density at radius 2 is 2.15 bits per heavy atom. The molecule has 1 aliphatic heterocycles. The number of nitrogens with zero attached hydrogens (tertiary/aromatic N) is 2. The molecular weight excluding hydrogens is 356 g/mol. The summed E-state index contributed by atoms with van der Waals surface area (Å²) in [5.41, 5.74) is 1.93. The van der Waals surface area contributed by atoms with Crippen molar-refractivity contribution in [2.75, 3.05) is 13.1 Å². The van der Waals surface area contributed by atoms with Gasteiger partial charge in [0, 0.05) is 23.4 Å². The molecule has 0 aliphatic carbocycles. The van der Waals surface area contributed by atoms with Crippen molar-refractivity contribution >= 4 is 17.1 Å². The van der Waals surface area contributed by atoms with Gasteiger partial charge in [-0.05, 0) is 51.3 Å². The lowest BCUT2D eigenvalue weighted by atomic mass is 9.90. The first-order chi connectivity index (χ1) is 12.9. The maximum Gasteiger partial charge on any atom is 0.167 e. The van der Waals surface area contributed by atoms with Crippen LogP contribution in [0.1, 0.15) is 67.5 Å². The van der Waals surface area contributed by atoms with E-state index in [1.807, 2.05) is 38.1 Å². The number of likely N-dealkylation sites (tertiary alicyclic amines) is 1. The second-order valence-corrected chi connectivity index (χ2v) is 8.90. The van der Waals surface area contributed by atoms with E-state index in [-0.39, 0.29) is 17.8 Å². The van der Waals surface area contributed by atoms with Crippen LogP contribution in [-0.2, 0) is 6.54 Å². The number of hydrogen-bond acceptors (Lipinski definition) is 5. The molecule has 0 unspecified atom stereocenters. The normalized spacial score (nSPS) is 18.2. The van der Waals surface area contributed by atoms with E-state index in [1.54, 1.807) is 11.3 Å². The maximum absolute atomic E-state index is 13.0. The van der Waals surface area contributed by atoms with E-state index in [0.29, 0.717) is 5.92 Å². The molecule has 1 atom stereocenters. The van der Waals surface area contributed by atoms with Crippen LogP contribution >= 0.6 is 11.3 Å². The van der Waals surface area contributed by atoms with E-state index in [2.05, 4.69) is 24.1 Å². The Morgan fingerprint density at radius 1 is 1.33 bits per heavy atom. The Morgan fingerprint density at radius 3 is 2.85 bits per heavy atom. The van der Waals surface area contributed by atoms with E-state index in [1.165, 1.54) is 5.69 Å². The lowest BCUT2D eigenvalue weighted by Crippen LogP contribution is -2.38. The highest BCUT2D eigenvalue weighted by Gasteiger charge is 2.27. The quantitative estimate of drug-likeness (QED) is 0.617. The van der Waals surface area contributed by atoms with E-state index in [4.69, 9.17) is 9.72 Å². The largest absolute Gasteiger partial charge is 0.491 e. The molecule has 1 aromatic carbocycles. The van der Waals surface area contributed by atoms with Gasteiger partial charge in [0.1, 0.15) is 10.8 Å². The summed E-state index contributed by atoms with van der Waals surface area (Å²) in [6, 6.07) is 7.62. The van der Waals surface area contributed by atoms with Crippen LogP contribution < -0.4 is 4.74 Å². The first kappa shape index (κ1) is 20.0. The molecule has 0 bridgehead atoms. The van der Waals surface area contributed by atoms with Gasteiger partial charge in [-0.1, -0.05) is 26.0 Å². The van der Waals surface area contributed by atoms with Crippen molar-refractivity contribution in [2.24, 2.45) is 5.92 Å². The molecular formula is C22H30N2O2S. The summed E-state index contributed by atoms with van der Waals surface area (Å²) in [5.74, 6) is 1.52. The molecule has 4 nitrogen and oxygen atoms in total. The van der Waals surface area contributed by atoms with Gasteiger partial charge < -0.3 is 4.74 Å². The van der Waals surface area contributed by atoms with Gasteiger partial charge in [0.25, 0.3) is 0 Å². The lowest BCUT2D eigenvalue weighted by Gasteiger charge is -2.31. The second kappa shape index (κ2) is 8.98. The van der Waals surface area contributed by atoms with Gasteiger partial charge in [0.15, 0.2) is 5.78 Å². The minimum absolute atomic E-state index is 0.0533. The Labute approximate surface area is 166 Å². The molecule has 0 spiro atoms. The zero-order chi connectivity index (χ0) is 19.4. The van der Waals surface area contributed by atoms with Gasteiger partial charge in [-0.25, -0.2) is 4.98 Å². The number of ketones is 1. The molecule has 2 aromatic rings. The van der Waals surface area contributed by atoms with Crippen LogP contribution in [0, 0.1) is 5.92 Å². The van der Waals surface area contributed by atoms with Crippen LogP contribution in [0.4, 0.5) is 0 Å². The monoisotopic (exact) mass is 386 g/mol. The number of carbonyl (C=O) groups excluding carboxylic acids is 1. The number of thiazole rings is 1. The van der Waals surface area contributed by atoms with Crippen LogP contribution in [0.15, 0.2) is 29.6 Å². The predicted octanol–water partition coefficient (Wildman–Crippen LogP) is 5.15. The van der Waals surface area contributed by atoms with Crippen molar-refractivity contribution < 1.29 is 9.53 Å². The number of rotatable bonds is 7.